The molecule has 4 heterocycles. The van der Waals surface area contributed by atoms with Gasteiger partial charge in [0.05, 0.1) is 31.4 Å². The zero-order valence-electron chi connectivity index (χ0n) is 15.9. The van der Waals surface area contributed by atoms with E-state index < -0.39 is 0 Å². The molecular weight excluding hydrogens is 388 g/mol. The second kappa shape index (κ2) is 7.68. The fraction of sp³-hybridized carbons (Fsp3) is 0.381. The van der Waals surface area contributed by atoms with Crippen molar-refractivity contribution in [1.82, 2.24) is 20.1 Å². The normalized spacial score (nSPS) is 21.2. The first-order valence-electron chi connectivity index (χ1n) is 9.80. The van der Waals surface area contributed by atoms with E-state index in [1.165, 1.54) is 4.68 Å². The summed E-state index contributed by atoms with van der Waals surface area (Å²) < 4.78 is 7.12. The van der Waals surface area contributed by atoms with Gasteiger partial charge in [0.25, 0.3) is 5.56 Å². The lowest BCUT2D eigenvalue weighted by Crippen LogP contribution is -2.45. The van der Waals surface area contributed by atoms with Crippen molar-refractivity contribution >= 4 is 28.6 Å². The number of ether oxygens (including phenoxy) is 1. The molecule has 1 saturated heterocycles. The largest absolute Gasteiger partial charge is 0.377 e. The molecule has 0 bridgehead atoms. The molecule has 2 aliphatic heterocycles. The van der Waals surface area contributed by atoms with E-state index in [4.69, 9.17) is 4.74 Å². The number of H-pyrrole nitrogens is 1. The number of para-hydroxylation sites is 1. The Bertz CT molecular complexity index is 1120. The fourth-order valence-corrected chi connectivity index (χ4v) is 5.05. The predicted molar refractivity (Wildman–Crippen MR) is 112 cm³/mol. The molecule has 2 aliphatic rings. The van der Waals surface area contributed by atoms with E-state index >= 15 is 0 Å². The van der Waals surface area contributed by atoms with Crippen LogP contribution in [0.15, 0.2) is 41.3 Å². The minimum Gasteiger partial charge on any atom is -0.377 e. The molecule has 8 heteroatoms. The topological polar surface area (TPSA) is 89.0 Å². The van der Waals surface area contributed by atoms with Gasteiger partial charge in [0.15, 0.2) is 0 Å². The maximum Gasteiger partial charge on any atom is 0.267 e. The Hall–Kier alpha value is -2.58. The third-order valence-electron chi connectivity index (χ3n) is 5.60. The second-order valence-corrected chi connectivity index (χ2v) is 8.62. The van der Waals surface area contributed by atoms with Crippen LogP contribution >= 0.6 is 11.8 Å². The molecule has 5 rings (SSSR count). The van der Waals surface area contributed by atoms with E-state index in [1.54, 1.807) is 6.07 Å². The van der Waals surface area contributed by atoms with Crippen LogP contribution in [0.2, 0.25) is 0 Å². The Morgan fingerprint density at radius 2 is 2.24 bits per heavy atom. The summed E-state index contributed by atoms with van der Waals surface area (Å²) in [6.45, 7) is 0.754. The number of carbonyl (C=O) groups is 1. The van der Waals surface area contributed by atoms with Crippen molar-refractivity contribution in [3.63, 3.8) is 0 Å². The number of rotatable bonds is 4. The molecule has 0 spiro atoms. The third kappa shape index (κ3) is 3.58. The summed E-state index contributed by atoms with van der Waals surface area (Å²) in [6, 6.07) is 9.06. The Morgan fingerprint density at radius 3 is 3.17 bits per heavy atom. The fourth-order valence-electron chi connectivity index (χ4n) is 4.10. The molecule has 0 saturated carbocycles. The van der Waals surface area contributed by atoms with Crippen LogP contribution in [0.3, 0.4) is 0 Å². The van der Waals surface area contributed by atoms with Crippen molar-refractivity contribution in [2.45, 2.75) is 30.7 Å². The van der Waals surface area contributed by atoms with Gasteiger partial charge in [0.2, 0.25) is 5.91 Å². The van der Waals surface area contributed by atoms with E-state index in [0.29, 0.717) is 13.2 Å². The van der Waals surface area contributed by atoms with Crippen LogP contribution in [-0.4, -0.2) is 45.7 Å². The molecule has 2 aromatic heterocycles. The SMILES string of the molecule is O=C(Cc1c[nH]c2ccccc12)NC1COCC1n1nc2c(cc1=O)CSCC2. The molecule has 0 aliphatic carbocycles. The standard InChI is InChI=1S/C21H22N4O3S/c26-20(7-13-9-22-17-4-2-1-3-15(13)17)23-18-10-28-11-19(18)25-21(27)8-14-12-29-6-5-16(14)24-25/h1-4,8-9,18-19,22H,5-7,10-12H2,(H,23,26). The van der Waals surface area contributed by atoms with Gasteiger partial charge >= 0.3 is 0 Å². The van der Waals surface area contributed by atoms with Gasteiger partial charge in [-0.15, -0.1) is 0 Å². The van der Waals surface area contributed by atoms with E-state index in [2.05, 4.69) is 15.4 Å². The highest BCUT2D eigenvalue weighted by molar-refractivity contribution is 7.98. The first-order chi connectivity index (χ1) is 14.2. The summed E-state index contributed by atoms with van der Waals surface area (Å²) in [6.07, 6.45) is 3.02. The highest BCUT2D eigenvalue weighted by Crippen LogP contribution is 2.24. The van der Waals surface area contributed by atoms with E-state index in [9.17, 15) is 9.59 Å². The highest BCUT2D eigenvalue weighted by Gasteiger charge is 2.33. The Balaban J connectivity index is 1.33. The summed E-state index contributed by atoms with van der Waals surface area (Å²) >= 11 is 1.82. The zero-order valence-corrected chi connectivity index (χ0v) is 16.7. The van der Waals surface area contributed by atoms with Gasteiger partial charge in [-0.2, -0.15) is 16.9 Å². The number of carbonyl (C=O) groups excluding carboxylic acids is 1. The van der Waals surface area contributed by atoms with Gasteiger partial charge in [-0.05, 0) is 22.9 Å². The molecule has 3 aromatic rings. The molecule has 1 aromatic carbocycles. The average molecular weight is 410 g/mol. The predicted octanol–water partition coefficient (Wildman–Crippen LogP) is 1.81. The van der Waals surface area contributed by atoms with Crippen LogP contribution in [0, 0.1) is 0 Å². The number of nitrogens with zero attached hydrogens (tertiary/aromatic N) is 2. The summed E-state index contributed by atoms with van der Waals surface area (Å²) in [4.78, 5) is 28.5. The first-order valence-corrected chi connectivity index (χ1v) is 11.0. The molecule has 0 radical (unpaired) electrons. The quantitative estimate of drug-likeness (QED) is 0.685. The Labute approximate surface area is 171 Å². The van der Waals surface area contributed by atoms with Gasteiger partial charge in [-0.3, -0.25) is 9.59 Å². The van der Waals surface area contributed by atoms with Crippen molar-refractivity contribution in [3.8, 4) is 0 Å². The van der Waals surface area contributed by atoms with Gasteiger partial charge in [0.1, 0.15) is 6.04 Å². The number of hydrogen-bond donors (Lipinski definition) is 2. The Kier molecular flexibility index (Phi) is 4.89. The van der Waals surface area contributed by atoms with Crippen molar-refractivity contribution in [2.24, 2.45) is 0 Å². The molecule has 2 atom stereocenters. The molecule has 2 N–H and O–H groups in total. The number of thioether (sulfide) groups is 1. The van der Waals surface area contributed by atoms with Crippen LogP contribution < -0.4 is 10.9 Å². The van der Waals surface area contributed by atoms with E-state index in [1.807, 2.05) is 42.2 Å². The number of aromatic nitrogens is 3. The van der Waals surface area contributed by atoms with Crippen LogP contribution in [-0.2, 0) is 28.1 Å². The van der Waals surface area contributed by atoms with Crippen LogP contribution in [0.1, 0.15) is 22.9 Å². The summed E-state index contributed by atoms with van der Waals surface area (Å²) in [5, 5.41) is 8.73. The molecule has 1 fully saturated rings. The lowest BCUT2D eigenvalue weighted by molar-refractivity contribution is -0.121. The molecule has 150 valence electrons. The number of amides is 1. The Morgan fingerprint density at radius 1 is 1.34 bits per heavy atom. The van der Waals surface area contributed by atoms with E-state index in [-0.39, 0.29) is 30.0 Å². The van der Waals surface area contributed by atoms with Crippen molar-refractivity contribution in [2.75, 3.05) is 19.0 Å². The second-order valence-electron chi connectivity index (χ2n) is 7.52. The number of fused-ring (bicyclic) bond motifs is 2. The monoisotopic (exact) mass is 410 g/mol. The molecule has 29 heavy (non-hydrogen) atoms. The van der Waals surface area contributed by atoms with Crippen molar-refractivity contribution in [1.29, 1.82) is 0 Å². The number of hydrogen-bond acceptors (Lipinski definition) is 5. The maximum atomic E-state index is 12.7. The van der Waals surface area contributed by atoms with E-state index in [0.717, 1.165) is 45.7 Å². The minimum atomic E-state index is -0.283. The number of aromatic amines is 1. The molecule has 7 nitrogen and oxygen atoms in total. The highest BCUT2D eigenvalue weighted by atomic mass is 32.2. The number of benzene rings is 1. The third-order valence-corrected chi connectivity index (χ3v) is 6.61. The summed E-state index contributed by atoms with van der Waals surface area (Å²) in [7, 11) is 0. The smallest absolute Gasteiger partial charge is 0.267 e. The minimum absolute atomic E-state index is 0.0855. The van der Waals surface area contributed by atoms with Gasteiger partial charge < -0.3 is 15.0 Å². The van der Waals surface area contributed by atoms with Crippen LogP contribution in [0.4, 0.5) is 0 Å². The van der Waals surface area contributed by atoms with Crippen LogP contribution in [0.5, 0.6) is 0 Å². The van der Waals surface area contributed by atoms with Crippen LogP contribution in [0.25, 0.3) is 10.9 Å². The van der Waals surface area contributed by atoms with Gasteiger partial charge in [-0.25, -0.2) is 4.68 Å². The zero-order chi connectivity index (χ0) is 19.8. The lowest BCUT2D eigenvalue weighted by atomic mass is 10.1. The van der Waals surface area contributed by atoms with Crippen molar-refractivity contribution < 1.29 is 9.53 Å². The molecule has 1 amide bonds. The lowest BCUT2D eigenvalue weighted by Gasteiger charge is -2.22. The first kappa shape index (κ1) is 18.4. The number of nitrogens with one attached hydrogen (secondary N) is 2. The van der Waals surface area contributed by atoms with Crippen molar-refractivity contribution in [3.05, 3.63) is 63.7 Å². The summed E-state index contributed by atoms with van der Waals surface area (Å²) in [5.74, 6) is 1.77. The van der Waals surface area contributed by atoms with Gasteiger partial charge in [-0.1, -0.05) is 18.2 Å². The maximum absolute atomic E-state index is 12.7. The van der Waals surface area contributed by atoms with Gasteiger partial charge in [0, 0.05) is 35.3 Å². The average Bonchev–Trinajstić information content (AvgIpc) is 3.35. The summed E-state index contributed by atoms with van der Waals surface area (Å²) in [5.41, 5.74) is 3.86. The molecular formula is C21H22N4O3S. The number of aryl methyl sites for hydroxylation is 1. The molecule has 2 unspecified atom stereocenters.